The number of alkyl halides is 3. The van der Waals surface area contributed by atoms with Crippen molar-refractivity contribution in [1.82, 2.24) is 15.3 Å². The van der Waals surface area contributed by atoms with Gasteiger partial charge in [-0.05, 0) is 56.0 Å². The maximum absolute atomic E-state index is 14.7. The third-order valence-electron chi connectivity index (χ3n) is 6.61. The van der Waals surface area contributed by atoms with Gasteiger partial charge in [0.15, 0.2) is 5.82 Å². The number of carbonyl (C=O) groups excluding carboxylic acids is 2. The van der Waals surface area contributed by atoms with Crippen LogP contribution in [0.4, 0.5) is 17.6 Å². The molecule has 0 unspecified atom stereocenters. The van der Waals surface area contributed by atoms with E-state index >= 15 is 0 Å². The van der Waals surface area contributed by atoms with Crippen LogP contribution in [-0.4, -0.2) is 47.4 Å². The number of hydrogen-bond acceptors (Lipinski definition) is 9. The van der Waals surface area contributed by atoms with E-state index < -0.39 is 44.8 Å². The third kappa shape index (κ3) is 9.16. The lowest BCUT2D eigenvalue weighted by molar-refractivity contribution is -0.157. The summed E-state index contributed by atoms with van der Waals surface area (Å²) in [5.74, 6) is -2.60. The van der Waals surface area contributed by atoms with Crippen LogP contribution in [0.1, 0.15) is 61.7 Å². The van der Waals surface area contributed by atoms with Crippen molar-refractivity contribution in [3.63, 3.8) is 0 Å². The Balaban J connectivity index is 1.48. The van der Waals surface area contributed by atoms with Gasteiger partial charge in [-0.25, -0.2) is 19.2 Å². The number of esters is 1. The summed E-state index contributed by atoms with van der Waals surface area (Å²) in [6.45, 7) is 11.4. The number of amides is 1. The molecule has 0 saturated heterocycles. The summed E-state index contributed by atoms with van der Waals surface area (Å²) in [6.07, 6.45) is 2.73. The Bertz CT molecular complexity index is 1900. The van der Waals surface area contributed by atoms with Crippen molar-refractivity contribution in [1.29, 1.82) is 0 Å². The Morgan fingerprint density at radius 1 is 0.896 bits per heavy atom. The Kier molecular flexibility index (Phi) is 10.4. The van der Waals surface area contributed by atoms with Gasteiger partial charge < -0.3 is 14.2 Å². The molecule has 4 aromatic rings. The van der Waals surface area contributed by atoms with Crippen LogP contribution in [0.5, 0.6) is 5.75 Å². The molecule has 48 heavy (non-hydrogen) atoms. The lowest BCUT2D eigenvalue weighted by Gasteiger charge is -2.24. The molecule has 1 atom stereocenters. The van der Waals surface area contributed by atoms with E-state index in [4.69, 9.17) is 4.74 Å². The smallest absolute Gasteiger partial charge is 0.458 e. The predicted octanol–water partition coefficient (Wildman–Crippen LogP) is 7.22. The first-order valence-corrected chi connectivity index (χ1v) is 16.7. The molecule has 0 radical (unpaired) electrons. The van der Waals surface area contributed by atoms with Crippen molar-refractivity contribution >= 4 is 33.3 Å². The zero-order chi connectivity index (χ0) is 35.7. The topological polar surface area (TPSA) is 125 Å². The molecule has 4 rings (SSSR count). The average molecular weight is 708 g/mol. The monoisotopic (exact) mass is 707 g/mol. The highest BCUT2D eigenvalue weighted by Gasteiger charge is 2.48. The molecule has 0 bridgehead atoms. The van der Waals surface area contributed by atoms with Gasteiger partial charge in [-0.15, -0.1) is 11.3 Å². The zero-order valence-electron chi connectivity index (χ0n) is 26.8. The number of carbonyl (C=O) groups is 2. The van der Waals surface area contributed by atoms with Crippen LogP contribution in [-0.2, 0) is 31.5 Å². The number of nitrogens with zero attached hydrogens (tertiary/aromatic N) is 2. The molecule has 9 nitrogen and oxygen atoms in total. The van der Waals surface area contributed by atoms with Gasteiger partial charge in [0.1, 0.15) is 23.2 Å². The number of benzene rings is 2. The molecule has 256 valence electrons. The molecule has 0 saturated carbocycles. The Morgan fingerprint density at radius 2 is 1.52 bits per heavy atom. The SMILES string of the molecule is CC(C)(C)OC(=O)[C@H](Cc1ccc(-c2ncc(-c3ccc(OS(=O)(=O)C(F)(F)F)cc3F)cn2)cc1)NC(=O)c1ccc(C(C)(C)C)s1. The fourth-order valence-electron chi connectivity index (χ4n) is 4.26. The van der Waals surface area contributed by atoms with E-state index in [0.29, 0.717) is 22.1 Å². The number of ether oxygens (including phenoxy) is 1. The number of aromatic nitrogens is 2. The maximum Gasteiger partial charge on any atom is 0.534 e. The second-order valence-electron chi connectivity index (χ2n) is 12.8. The normalized spacial score (nSPS) is 13.1. The molecular formula is C33H33F4N3O6S2. The minimum absolute atomic E-state index is 0.0962. The van der Waals surface area contributed by atoms with Crippen LogP contribution in [0.3, 0.4) is 0 Å². The van der Waals surface area contributed by atoms with Gasteiger partial charge in [-0.1, -0.05) is 45.0 Å². The summed E-state index contributed by atoms with van der Waals surface area (Å²) >= 11 is 1.36. The first kappa shape index (κ1) is 36.5. The molecule has 0 fully saturated rings. The van der Waals surface area contributed by atoms with Gasteiger partial charge in [0.2, 0.25) is 0 Å². The lowest BCUT2D eigenvalue weighted by atomic mass is 9.95. The quantitative estimate of drug-likeness (QED) is 0.0837. The third-order valence-corrected chi connectivity index (χ3v) is 9.10. The van der Waals surface area contributed by atoms with Crippen LogP contribution in [0.15, 0.2) is 67.0 Å². The van der Waals surface area contributed by atoms with Crippen LogP contribution >= 0.6 is 11.3 Å². The zero-order valence-corrected chi connectivity index (χ0v) is 28.4. The minimum atomic E-state index is -5.96. The van der Waals surface area contributed by atoms with Gasteiger partial charge in [0.25, 0.3) is 5.91 Å². The van der Waals surface area contributed by atoms with E-state index in [1.807, 2.05) is 26.8 Å². The van der Waals surface area contributed by atoms with Gasteiger partial charge in [-0.3, -0.25) is 4.79 Å². The molecule has 15 heteroatoms. The number of nitrogens with one attached hydrogen (secondary N) is 1. The van der Waals surface area contributed by atoms with Gasteiger partial charge in [-0.2, -0.15) is 21.6 Å². The van der Waals surface area contributed by atoms with Gasteiger partial charge in [0, 0.05) is 46.4 Å². The van der Waals surface area contributed by atoms with Crippen molar-refractivity contribution in [3.05, 3.63) is 88.1 Å². The second kappa shape index (κ2) is 13.6. The molecule has 0 spiro atoms. The highest BCUT2D eigenvalue weighted by atomic mass is 32.2. The first-order chi connectivity index (χ1) is 22.1. The number of halogens is 4. The maximum atomic E-state index is 14.7. The van der Waals surface area contributed by atoms with Crippen LogP contribution in [0, 0.1) is 5.82 Å². The van der Waals surface area contributed by atoms with E-state index in [-0.39, 0.29) is 34.7 Å². The number of hydrogen-bond donors (Lipinski definition) is 1. The molecular weight excluding hydrogens is 675 g/mol. The molecule has 2 heterocycles. The largest absolute Gasteiger partial charge is 0.534 e. The molecule has 0 aliphatic carbocycles. The predicted molar refractivity (Wildman–Crippen MR) is 172 cm³/mol. The van der Waals surface area contributed by atoms with Crippen LogP contribution in [0.2, 0.25) is 0 Å². The van der Waals surface area contributed by atoms with Crippen molar-refractivity contribution in [2.75, 3.05) is 0 Å². The van der Waals surface area contributed by atoms with Crippen LogP contribution in [0.25, 0.3) is 22.5 Å². The highest BCUT2D eigenvalue weighted by Crippen LogP contribution is 2.31. The Labute approximate surface area is 279 Å². The van der Waals surface area contributed by atoms with Crippen molar-refractivity contribution in [2.45, 2.75) is 70.5 Å². The number of thiophene rings is 1. The standard InChI is InChI=1S/C33H33F4N3O6S2/c1-31(2,3)27-14-13-26(47-27)29(41)40-25(30(42)45-32(4,5)6)15-19-7-9-20(10-8-19)28-38-17-21(18-39-28)23-12-11-22(16-24(23)34)46-48(43,44)33(35,36)37/h7-14,16-18,25H,15H2,1-6H3,(H,40,41)/t25-/m0/s1. The van der Waals surface area contributed by atoms with Gasteiger partial charge >= 0.3 is 21.6 Å². The fourth-order valence-corrected chi connectivity index (χ4v) is 5.67. The Hall–Kier alpha value is -4.37. The number of rotatable bonds is 9. The molecule has 0 aliphatic heterocycles. The second-order valence-corrected chi connectivity index (χ2v) is 15.4. The van der Waals surface area contributed by atoms with Crippen molar-refractivity contribution < 1.29 is 44.5 Å². The van der Waals surface area contributed by atoms with Gasteiger partial charge in [0.05, 0.1) is 4.88 Å². The summed E-state index contributed by atoms with van der Waals surface area (Å²) in [6, 6.07) is 12.0. The summed E-state index contributed by atoms with van der Waals surface area (Å²) in [5, 5.41) is 2.82. The van der Waals surface area contributed by atoms with E-state index in [1.54, 1.807) is 51.1 Å². The summed E-state index contributed by atoms with van der Waals surface area (Å²) in [4.78, 5) is 36.3. The summed E-state index contributed by atoms with van der Waals surface area (Å²) in [5.41, 5.74) is -5.20. The summed E-state index contributed by atoms with van der Waals surface area (Å²) in [7, 11) is -5.96. The van der Waals surface area contributed by atoms with Crippen molar-refractivity contribution in [2.24, 2.45) is 0 Å². The molecule has 1 N–H and O–H groups in total. The molecule has 0 aliphatic rings. The van der Waals surface area contributed by atoms with E-state index in [9.17, 15) is 35.6 Å². The minimum Gasteiger partial charge on any atom is -0.458 e. The highest BCUT2D eigenvalue weighted by molar-refractivity contribution is 7.88. The van der Waals surface area contributed by atoms with E-state index in [0.717, 1.165) is 17.0 Å². The lowest BCUT2D eigenvalue weighted by Crippen LogP contribution is -2.45. The molecule has 2 aromatic heterocycles. The fraction of sp³-hybridized carbons (Fsp3) is 0.333. The summed E-state index contributed by atoms with van der Waals surface area (Å²) < 4.78 is 84.4. The average Bonchev–Trinajstić information content (AvgIpc) is 3.48. The van der Waals surface area contributed by atoms with Crippen LogP contribution < -0.4 is 9.50 Å². The first-order valence-electron chi connectivity index (χ1n) is 14.5. The molecule has 2 aromatic carbocycles. The van der Waals surface area contributed by atoms with E-state index in [2.05, 4.69) is 19.5 Å². The van der Waals surface area contributed by atoms with Crippen molar-refractivity contribution in [3.8, 4) is 28.3 Å². The van der Waals surface area contributed by atoms with E-state index in [1.165, 1.54) is 23.7 Å². The molecule has 1 amide bonds. The Morgan fingerprint density at radius 3 is 2.04 bits per heavy atom.